The number of likely N-dealkylation sites (tertiary alicyclic amines) is 1. The van der Waals surface area contributed by atoms with Crippen LogP contribution in [0.5, 0.6) is 5.75 Å². The first-order chi connectivity index (χ1) is 17.9. The molecular weight excluding hydrogens is 467 g/mol. The number of hydrogen-bond donors (Lipinski definition) is 0. The van der Waals surface area contributed by atoms with Gasteiger partial charge in [0.05, 0.1) is 19.1 Å². The van der Waals surface area contributed by atoms with Crippen LogP contribution in [-0.2, 0) is 11.3 Å². The molecule has 0 aliphatic carbocycles. The third-order valence-corrected chi connectivity index (χ3v) is 7.61. The summed E-state index contributed by atoms with van der Waals surface area (Å²) in [5, 5.41) is 0. The molecule has 0 spiro atoms. The molecule has 37 heavy (non-hydrogen) atoms. The molecule has 3 aromatic carbocycles. The monoisotopic (exact) mass is 500 g/mol. The first kappa shape index (κ1) is 25.0. The van der Waals surface area contributed by atoms with Crippen LogP contribution in [0.15, 0.2) is 72.8 Å². The molecule has 5 rings (SSSR count). The Hall–Kier alpha value is -3.67. The first-order valence-corrected chi connectivity index (χ1v) is 12.9. The Morgan fingerprint density at radius 3 is 2.24 bits per heavy atom. The van der Waals surface area contributed by atoms with Gasteiger partial charge in [0.15, 0.2) is 0 Å². The second-order valence-corrected chi connectivity index (χ2v) is 10.5. The summed E-state index contributed by atoms with van der Waals surface area (Å²) < 4.78 is 19.0. The number of nitrogens with zero attached hydrogens (tertiary/aromatic N) is 2. The highest BCUT2D eigenvalue weighted by molar-refractivity contribution is 6.01. The van der Waals surface area contributed by atoms with Gasteiger partial charge in [0, 0.05) is 25.2 Å². The Balaban J connectivity index is 1.64. The molecule has 3 aromatic rings. The van der Waals surface area contributed by atoms with Crippen LogP contribution in [0.1, 0.15) is 59.3 Å². The van der Waals surface area contributed by atoms with Crippen LogP contribution >= 0.6 is 0 Å². The van der Waals surface area contributed by atoms with Gasteiger partial charge in [-0.25, -0.2) is 4.39 Å². The molecule has 0 radical (unpaired) electrons. The number of piperidine rings is 1. The van der Waals surface area contributed by atoms with E-state index in [2.05, 4.69) is 13.8 Å². The van der Waals surface area contributed by atoms with Crippen molar-refractivity contribution in [2.24, 2.45) is 11.8 Å². The topological polar surface area (TPSA) is 49.9 Å². The fourth-order valence-electron chi connectivity index (χ4n) is 6.03. The second-order valence-electron chi connectivity index (χ2n) is 10.5. The molecule has 2 amide bonds. The van der Waals surface area contributed by atoms with Crippen LogP contribution in [0.25, 0.3) is 0 Å². The van der Waals surface area contributed by atoms with Crippen molar-refractivity contribution in [1.82, 2.24) is 9.80 Å². The predicted molar refractivity (Wildman–Crippen MR) is 141 cm³/mol. The van der Waals surface area contributed by atoms with Gasteiger partial charge in [0.1, 0.15) is 11.6 Å². The number of carbonyl (C=O) groups excluding carboxylic acids is 2. The number of hydrogen-bond acceptors (Lipinski definition) is 3. The summed E-state index contributed by atoms with van der Waals surface area (Å²) in [6.07, 6.45) is 1.10. The van der Waals surface area contributed by atoms with Gasteiger partial charge >= 0.3 is 0 Å². The molecule has 5 nitrogen and oxygen atoms in total. The standard InChI is InChI=1S/C31H33FN2O3/c1-20-16-21(2)18-33(17-20)31(36)28-26-6-4-5-7-27(26)30(35)34(19-22-8-12-24(32)13-9-22)29(28)23-10-14-25(37-3)15-11-23/h4-15,20-21,28-29H,16-19H2,1-3H3/t20-,21-,28-,29-/m1/s1. The van der Waals surface area contributed by atoms with Crippen molar-refractivity contribution in [1.29, 1.82) is 0 Å². The molecule has 0 bridgehead atoms. The molecule has 4 atom stereocenters. The largest absolute Gasteiger partial charge is 0.497 e. The molecule has 0 unspecified atom stereocenters. The number of amides is 2. The Bertz CT molecular complexity index is 1260. The molecule has 1 saturated heterocycles. The van der Waals surface area contributed by atoms with E-state index >= 15 is 0 Å². The normalized spacial score (nSPS) is 23.5. The number of ether oxygens (including phenoxy) is 1. The van der Waals surface area contributed by atoms with E-state index in [1.807, 2.05) is 47.4 Å². The summed E-state index contributed by atoms with van der Waals surface area (Å²) in [7, 11) is 1.61. The molecule has 1 fully saturated rings. The van der Waals surface area contributed by atoms with Gasteiger partial charge in [-0.3, -0.25) is 9.59 Å². The molecule has 0 saturated carbocycles. The molecule has 0 aromatic heterocycles. The van der Waals surface area contributed by atoms with E-state index in [4.69, 9.17) is 4.74 Å². The van der Waals surface area contributed by atoms with Crippen molar-refractivity contribution in [3.05, 3.63) is 101 Å². The Labute approximate surface area is 217 Å². The summed E-state index contributed by atoms with van der Waals surface area (Å²) in [4.78, 5) is 32.1. The van der Waals surface area contributed by atoms with Crippen molar-refractivity contribution in [3.8, 4) is 5.75 Å². The molecule has 6 heteroatoms. The maximum Gasteiger partial charge on any atom is 0.255 e. The molecule has 2 aliphatic heterocycles. The van der Waals surface area contributed by atoms with Gasteiger partial charge in [-0.2, -0.15) is 0 Å². The second kappa shape index (κ2) is 10.4. The van der Waals surface area contributed by atoms with Gasteiger partial charge in [-0.1, -0.05) is 56.3 Å². The number of carbonyl (C=O) groups is 2. The van der Waals surface area contributed by atoms with E-state index in [9.17, 15) is 14.0 Å². The molecular formula is C31H33FN2O3. The summed E-state index contributed by atoms with van der Waals surface area (Å²) >= 11 is 0. The van der Waals surface area contributed by atoms with Crippen molar-refractivity contribution >= 4 is 11.8 Å². The molecule has 2 aliphatic rings. The zero-order valence-electron chi connectivity index (χ0n) is 21.6. The van der Waals surface area contributed by atoms with E-state index in [0.29, 0.717) is 36.2 Å². The number of fused-ring (bicyclic) bond motifs is 1. The summed E-state index contributed by atoms with van der Waals surface area (Å²) in [6.45, 7) is 6.07. The van der Waals surface area contributed by atoms with Crippen molar-refractivity contribution in [2.75, 3.05) is 20.2 Å². The lowest BCUT2D eigenvalue weighted by Crippen LogP contribution is -2.50. The fourth-order valence-corrected chi connectivity index (χ4v) is 6.03. The predicted octanol–water partition coefficient (Wildman–Crippen LogP) is 5.82. The minimum atomic E-state index is -0.555. The van der Waals surface area contributed by atoms with Crippen LogP contribution in [-0.4, -0.2) is 41.8 Å². The lowest BCUT2D eigenvalue weighted by Gasteiger charge is -2.45. The first-order valence-electron chi connectivity index (χ1n) is 12.9. The molecule has 192 valence electrons. The third kappa shape index (κ3) is 4.97. The SMILES string of the molecule is COc1ccc([C@@H]2[C@H](C(=O)N3C[C@H](C)C[C@@H](C)C3)c3ccccc3C(=O)N2Cc2ccc(F)cc2)cc1. The van der Waals surface area contributed by atoms with Gasteiger partial charge in [0.2, 0.25) is 5.91 Å². The number of benzene rings is 3. The van der Waals surface area contributed by atoms with E-state index in [1.54, 1.807) is 30.2 Å². The number of halogens is 1. The van der Waals surface area contributed by atoms with E-state index < -0.39 is 12.0 Å². The Morgan fingerprint density at radius 2 is 1.59 bits per heavy atom. The number of rotatable bonds is 5. The average molecular weight is 501 g/mol. The summed E-state index contributed by atoms with van der Waals surface area (Å²) in [5.41, 5.74) is 2.98. The Kier molecular flexibility index (Phi) is 7.00. The van der Waals surface area contributed by atoms with Gasteiger partial charge < -0.3 is 14.5 Å². The van der Waals surface area contributed by atoms with Crippen molar-refractivity contribution in [3.63, 3.8) is 0 Å². The van der Waals surface area contributed by atoms with Crippen LogP contribution in [0.2, 0.25) is 0 Å². The molecule has 0 N–H and O–H groups in total. The van der Waals surface area contributed by atoms with E-state index in [1.165, 1.54) is 12.1 Å². The lowest BCUT2D eigenvalue weighted by atomic mass is 9.78. The van der Waals surface area contributed by atoms with Gasteiger partial charge in [-0.15, -0.1) is 0 Å². The minimum absolute atomic E-state index is 0.0447. The third-order valence-electron chi connectivity index (χ3n) is 7.61. The molecule has 2 heterocycles. The van der Waals surface area contributed by atoms with Crippen molar-refractivity contribution in [2.45, 2.75) is 38.8 Å². The Morgan fingerprint density at radius 1 is 0.946 bits per heavy atom. The minimum Gasteiger partial charge on any atom is -0.497 e. The van der Waals surface area contributed by atoms with Crippen LogP contribution < -0.4 is 4.74 Å². The zero-order valence-corrected chi connectivity index (χ0v) is 21.6. The fraction of sp³-hybridized carbons (Fsp3) is 0.355. The summed E-state index contributed by atoms with van der Waals surface area (Å²) in [5.74, 6) is 0.574. The highest BCUT2D eigenvalue weighted by Crippen LogP contribution is 2.45. The van der Waals surface area contributed by atoms with E-state index in [-0.39, 0.29) is 24.2 Å². The van der Waals surface area contributed by atoms with Crippen LogP contribution in [0.3, 0.4) is 0 Å². The zero-order chi connectivity index (χ0) is 26.1. The van der Waals surface area contributed by atoms with Crippen molar-refractivity contribution < 1.29 is 18.7 Å². The highest BCUT2D eigenvalue weighted by atomic mass is 19.1. The smallest absolute Gasteiger partial charge is 0.255 e. The average Bonchev–Trinajstić information content (AvgIpc) is 2.90. The highest BCUT2D eigenvalue weighted by Gasteiger charge is 2.46. The van der Waals surface area contributed by atoms with Crippen LogP contribution in [0, 0.1) is 17.7 Å². The van der Waals surface area contributed by atoms with Gasteiger partial charge in [0.25, 0.3) is 5.91 Å². The maximum absolute atomic E-state index is 14.4. The van der Waals surface area contributed by atoms with Gasteiger partial charge in [-0.05, 0) is 65.3 Å². The lowest BCUT2D eigenvalue weighted by molar-refractivity contribution is -0.137. The van der Waals surface area contributed by atoms with Crippen LogP contribution in [0.4, 0.5) is 4.39 Å². The number of methoxy groups -OCH3 is 1. The summed E-state index contributed by atoms with van der Waals surface area (Å²) in [6, 6.07) is 20.7. The maximum atomic E-state index is 14.4. The van der Waals surface area contributed by atoms with E-state index in [0.717, 1.165) is 23.1 Å². The quantitative estimate of drug-likeness (QED) is 0.444.